The molecule has 0 radical (unpaired) electrons. The summed E-state index contributed by atoms with van der Waals surface area (Å²) in [6.07, 6.45) is 0.911. The number of nitrogens with two attached hydrogens (primary N) is 2. The third-order valence-electron chi connectivity index (χ3n) is 4.94. The number of hydrogen-bond acceptors (Lipinski definition) is 5. The quantitative estimate of drug-likeness (QED) is 0.239. The van der Waals surface area contributed by atoms with Gasteiger partial charge in [0, 0.05) is 6.54 Å². The zero-order valence-corrected chi connectivity index (χ0v) is 19.6. The van der Waals surface area contributed by atoms with Crippen LogP contribution in [-0.2, 0) is 19.5 Å². The number of halogens is 2. The minimum absolute atomic E-state index is 0.00457. The summed E-state index contributed by atoms with van der Waals surface area (Å²) in [5, 5.41) is 3.71. The highest BCUT2D eigenvalue weighted by Gasteiger charge is 2.14. The van der Waals surface area contributed by atoms with Gasteiger partial charge in [0.25, 0.3) is 0 Å². The fourth-order valence-corrected chi connectivity index (χ4v) is 3.50. The highest BCUT2D eigenvalue weighted by molar-refractivity contribution is 6.42. The Morgan fingerprint density at radius 3 is 2.24 bits per heavy atom. The van der Waals surface area contributed by atoms with Crippen LogP contribution in [0.25, 0.3) is 0 Å². The first kappa shape index (κ1) is 24.3. The summed E-state index contributed by atoms with van der Waals surface area (Å²) in [6, 6.07) is 12.8. The molecule has 0 amide bonds. The maximum Gasteiger partial charge on any atom is 0.355 e. The Morgan fingerprint density at radius 1 is 0.970 bits per heavy atom. The van der Waals surface area contributed by atoms with Crippen molar-refractivity contribution >= 4 is 35.1 Å². The number of rotatable bonds is 9. The summed E-state index contributed by atoms with van der Waals surface area (Å²) in [5.74, 6) is 0.0935. The van der Waals surface area contributed by atoms with E-state index < -0.39 is 11.4 Å². The second-order valence-corrected chi connectivity index (χ2v) is 8.14. The van der Waals surface area contributed by atoms with Crippen molar-refractivity contribution in [3.05, 3.63) is 90.2 Å². The smallest absolute Gasteiger partial charge is 0.355 e. The van der Waals surface area contributed by atoms with Gasteiger partial charge in [-0.15, -0.1) is 0 Å². The van der Waals surface area contributed by atoms with Crippen molar-refractivity contribution in [2.45, 2.75) is 26.4 Å². The molecule has 0 aliphatic heterocycles. The first-order chi connectivity index (χ1) is 15.8. The third kappa shape index (κ3) is 6.36. The topological polar surface area (TPSA) is 133 Å². The second-order valence-electron chi connectivity index (χ2n) is 7.32. The zero-order chi connectivity index (χ0) is 24.0. The first-order valence-electron chi connectivity index (χ1n) is 10.3. The van der Waals surface area contributed by atoms with E-state index in [-0.39, 0.29) is 38.1 Å². The molecule has 1 heterocycles. The van der Waals surface area contributed by atoms with E-state index in [1.165, 1.54) is 10.1 Å². The summed E-state index contributed by atoms with van der Waals surface area (Å²) in [4.78, 5) is 34.1. The predicted molar refractivity (Wildman–Crippen MR) is 132 cm³/mol. The van der Waals surface area contributed by atoms with E-state index in [0.29, 0.717) is 15.6 Å². The summed E-state index contributed by atoms with van der Waals surface area (Å²) in [7, 11) is 0. The van der Waals surface area contributed by atoms with Gasteiger partial charge in [-0.25, -0.2) is 14.2 Å². The molecule has 0 bridgehead atoms. The second kappa shape index (κ2) is 11.0. The van der Waals surface area contributed by atoms with Crippen molar-refractivity contribution in [3.63, 3.8) is 0 Å². The number of nitrogens with zero attached hydrogens (tertiary/aromatic N) is 4. The maximum absolute atomic E-state index is 13.4. The van der Waals surface area contributed by atoms with Gasteiger partial charge >= 0.3 is 11.4 Å². The summed E-state index contributed by atoms with van der Waals surface area (Å²) in [6.45, 7) is 2.85. The number of hydrogen-bond donors (Lipinski definition) is 3. The van der Waals surface area contributed by atoms with Crippen LogP contribution in [0.3, 0.4) is 0 Å². The lowest BCUT2D eigenvalue weighted by Gasteiger charge is -2.16. The first-order valence-corrected chi connectivity index (χ1v) is 11.1. The molecule has 9 nitrogen and oxygen atoms in total. The molecule has 0 aliphatic rings. The molecule has 5 N–H and O–H groups in total. The standard InChI is InChI=1S/C22H25Cl2N7O2/c1-2-14-3-5-15(6-4-14)12-30-20(28-10-9-27-19(25)26)29-21(32)31(22(30)33)13-16-7-8-17(23)18(24)11-16/h3-8,11H,2,9-10,12-13H2,1H3,(H4,25,26,27)(H,28,29,32). The average molecular weight is 490 g/mol. The number of nitrogens with one attached hydrogen (secondary N) is 1. The Bertz CT molecular complexity index is 1260. The van der Waals surface area contributed by atoms with Crippen molar-refractivity contribution in [1.82, 2.24) is 14.1 Å². The molecule has 174 valence electrons. The van der Waals surface area contributed by atoms with Gasteiger partial charge in [-0.1, -0.05) is 60.5 Å². The minimum Gasteiger partial charge on any atom is -0.370 e. The van der Waals surface area contributed by atoms with E-state index in [4.69, 9.17) is 34.7 Å². The van der Waals surface area contributed by atoms with Crippen LogP contribution in [0.15, 0.2) is 57.0 Å². The van der Waals surface area contributed by atoms with E-state index in [1.807, 2.05) is 24.3 Å². The lowest BCUT2D eigenvalue weighted by Crippen LogP contribution is -2.43. The minimum atomic E-state index is -0.687. The van der Waals surface area contributed by atoms with Gasteiger partial charge in [0.15, 0.2) is 5.96 Å². The van der Waals surface area contributed by atoms with Crippen molar-refractivity contribution in [2.75, 3.05) is 18.4 Å². The SMILES string of the molecule is CCc1ccc(Cn2c(NCCN=C(N)N)nc(=O)n(Cc3ccc(Cl)c(Cl)c3)c2=O)cc1. The molecular formula is C22H25Cl2N7O2. The molecular weight excluding hydrogens is 465 g/mol. The predicted octanol–water partition coefficient (Wildman–Crippen LogP) is 2.06. The van der Waals surface area contributed by atoms with Gasteiger partial charge < -0.3 is 16.8 Å². The number of aromatic nitrogens is 3. The average Bonchev–Trinajstić information content (AvgIpc) is 2.79. The molecule has 0 atom stereocenters. The van der Waals surface area contributed by atoms with Crippen molar-refractivity contribution in [1.29, 1.82) is 0 Å². The number of aryl methyl sites for hydroxylation is 1. The Labute approximate surface area is 200 Å². The fourth-order valence-electron chi connectivity index (χ4n) is 3.18. The van der Waals surface area contributed by atoms with Crippen LogP contribution in [0, 0.1) is 0 Å². The van der Waals surface area contributed by atoms with Crippen molar-refractivity contribution < 1.29 is 0 Å². The molecule has 1 aromatic heterocycles. The van der Waals surface area contributed by atoms with Crippen molar-refractivity contribution in [2.24, 2.45) is 16.5 Å². The monoisotopic (exact) mass is 489 g/mol. The van der Waals surface area contributed by atoms with Crippen LogP contribution < -0.4 is 28.2 Å². The molecule has 0 saturated carbocycles. The number of guanidine groups is 1. The van der Waals surface area contributed by atoms with Crippen LogP contribution in [0.2, 0.25) is 10.0 Å². The van der Waals surface area contributed by atoms with Gasteiger partial charge in [0.2, 0.25) is 5.95 Å². The fraction of sp³-hybridized carbons (Fsp3) is 0.273. The molecule has 3 rings (SSSR count). The van der Waals surface area contributed by atoms with E-state index in [2.05, 4.69) is 22.2 Å². The molecule has 2 aromatic carbocycles. The van der Waals surface area contributed by atoms with Crippen LogP contribution in [0.4, 0.5) is 5.95 Å². The van der Waals surface area contributed by atoms with Crippen molar-refractivity contribution in [3.8, 4) is 0 Å². The summed E-state index contributed by atoms with van der Waals surface area (Å²) < 4.78 is 2.47. The van der Waals surface area contributed by atoms with Crippen LogP contribution >= 0.6 is 23.2 Å². The number of aliphatic imine (C=N–C) groups is 1. The molecule has 11 heteroatoms. The molecule has 0 saturated heterocycles. The van der Waals surface area contributed by atoms with Gasteiger partial charge in [-0.05, 0) is 35.2 Å². The number of anilines is 1. The van der Waals surface area contributed by atoms with E-state index >= 15 is 0 Å². The lowest BCUT2D eigenvalue weighted by molar-refractivity contribution is 0.586. The lowest BCUT2D eigenvalue weighted by atomic mass is 10.1. The van der Waals surface area contributed by atoms with Gasteiger partial charge in [0.1, 0.15) is 0 Å². The Balaban J connectivity index is 1.99. The Morgan fingerprint density at radius 2 is 1.61 bits per heavy atom. The maximum atomic E-state index is 13.4. The Kier molecular flexibility index (Phi) is 8.13. The van der Waals surface area contributed by atoms with Gasteiger partial charge in [-0.3, -0.25) is 9.56 Å². The van der Waals surface area contributed by atoms with Crippen LogP contribution in [-0.4, -0.2) is 33.2 Å². The number of benzene rings is 2. The summed E-state index contributed by atoms with van der Waals surface area (Å²) >= 11 is 12.1. The van der Waals surface area contributed by atoms with E-state index in [0.717, 1.165) is 16.6 Å². The third-order valence-corrected chi connectivity index (χ3v) is 5.67. The highest BCUT2D eigenvalue weighted by Crippen LogP contribution is 2.22. The largest absolute Gasteiger partial charge is 0.370 e. The van der Waals surface area contributed by atoms with Gasteiger partial charge in [-0.2, -0.15) is 4.98 Å². The summed E-state index contributed by atoms with van der Waals surface area (Å²) in [5.41, 5.74) is 12.2. The normalized spacial score (nSPS) is 10.8. The zero-order valence-electron chi connectivity index (χ0n) is 18.1. The molecule has 33 heavy (non-hydrogen) atoms. The van der Waals surface area contributed by atoms with E-state index in [1.54, 1.807) is 18.2 Å². The molecule has 0 unspecified atom stereocenters. The van der Waals surface area contributed by atoms with Crippen LogP contribution in [0.5, 0.6) is 0 Å². The molecule has 0 aliphatic carbocycles. The molecule has 0 spiro atoms. The molecule has 3 aromatic rings. The van der Waals surface area contributed by atoms with E-state index in [9.17, 15) is 9.59 Å². The Hall–Kier alpha value is -3.30. The highest BCUT2D eigenvalue weighted by atomic mass is 35.5. The van der Waals surface area contributed by atoms with Gasteiger partial charge in [0.05, 0.1) is 29.7 Å². The van der Waals surface area contributed by atoms with Crippen LogP contribution in [0.1, 0.15) is 23.6 Å². The molecule has 0 fully saturated rings.